The van der Waals surface area contributed by atoms with Gasteiger partial charge in [0.25, 0.3) is 0 Å². The lowest BCUT2D eigenvalue weighted by atomic mass is 10.3. The number of halogens is 6. The fraction of sp³-hybridized carbons (Fsp3) is 0. The molecule has 0 radical (unpaired) electrons. The average Bonchev–Trinajstić information content (AvgIpc) is 2.73. The standard InChI is InChI=1S/C20H10Cl6N2O4/c21-9-3-1-5-11(7-9)27-19(29)31-17-13(23)15(25)18(16(26)14(17)24)32-20(30)28-12-6-2-4-10(22)8-12/h1-8H,(H,27,29)(H,28,30). The summed E-state index contributed by atoms with van der Waals surface area (Å²) < 4.78 is 10.3. The number of amides is 2. The van der Waals surface area contributed by atoms with Crippen LogP contribution in [0.25, 0.3) is 0 Å². The van der Waals surface area contributed by atoms with Crippen molar-refractivity contribution in [3.05, 3.63) is 78.7 Å². The Bertz CT molecular complexity index is 1080. The van der Waals surface area contributed by atoms with Gasteiger partial charge in [0.2, 0.25) is 0 Å². The van der Waals surface area contributed by atoms with Crippen LogP contribution in [-0.2, 0) is 0 Å². The molecule has 0 unspecified atom stereocenters. The summed E-state index contributed by atoms with van der Waals surface area (Å²) >= 11 is 36.5. The van der Waals surface area contributed by atoms with Crippen LogP contribution < -0.4 is 20.1 Å². The largest absolute Gasteiger partial charge is 0.417 e. The smallest absolute Gasteiger partial charge is 0.407 e. The Morgan fingerprint density at radius 3 is 1.25 bits per heavy atom. The number of benzene rings is 3. The van der Waals surface area contributed by atoms with Crippen LogP contribution in [0.1, 0.15) is 0 Å². The first kappa shape index (κ1) is 24.6. The molecule has 0 aliphatic carbocycles. The SMILES string of the molecule is O=C(Nc1cccc(Cl)c1)Oc1c(Cl)c(Cl)c(OC(=O)Nc2cccc(Cl)c2)c(Cl)c1Cl. The van der Waals surface area contributed by atoms with Crippen molar-refractivity contribution in [3.8, 4) is 11.5 Å². The minimum atomic E-state index is -0.935. The van der Waals surface area contributed by atoms with Gasteiger partial charge in [0.05, 0.1) is 0 Å². The number of carbonyl (C=O) groups is 2. The zero-order valence-electron chi connectivity index (χ0n) is 15.5. The van der Waals surface area contributed by atoms with E-state index in [-0.39, 0.29) is 31.6 Å². The van der Waals surface area contributed by atoms with Crippen LogP contribution in [-0.4, -0.2) is 12.2 Å². The molecule has 3 aromatic carbocycles. The molecule has 0 aromatic heterocycles. The van der Waals surface area contributed by atoms with E-state index in [4.69, 9.17) is 79.1 Å². The van der Waals surface area contributed by atoms with Gasteiger partial charge in [-0.2, -0.15) is 0 Å². The van der Waals surface area contributed by atoms with Gasteiger partial charge in [0.15, 0.2) is 11.5 Å². The molecule has 0 spiro atoms. The third-order valence-corrected chi connectivity index (χ3v) is 5.82. The van der Waals surface area contributed by atoms with E-state index in [2.05, 4.69) is 10.6 Å². The highest BCUT2D eigenvalue weighted by molar-refractivity contribution is 6.50. The number of hydrogen-bond acceptors (Lipinski definition) is 4. The molecular weight excluding hydrogens is 545 g/mol. The van der Waals surface area contributed by atoms with E-state index in [0.717, 1.165) is 0 Å². The summed E-state index contributed by atoms with van der Waals surface area (Å²) in [5.74, 6) is -0.657. The molecule has 0 bridgehead atoms. The average molecular weight is 555 g/mol. The van der Waals surface area contributed by atoms with E-state index in [9.17, 15) is 9.59 Å². The van der Waals surface area contributed by atoms with Crippen LogP contribution in [0.5, 0.6) is 11.5 Å². The van der Waals surface area contributed by atoms with Gasteiger partial charge >= 0.3 is 12.2 Å². The summed E-state index contributed by atoms with van der Waals surface area (Å²) in [6.07, 6.45) is -1.87. The van der Waals surface area contributed by atoms with E-state index in [0.29, 0.717) is 21.4 Å². The first-order chi connectivity index (χ1) is 15.2. The van der Waals surface area contributed by atoms with Crippen LogP contribution in [0.4, 0.5) is 21.0 Å². The molecule has 0 aliphatic rings. The lowest BCUT2D eigenvalue weighted by Gasteiger charge is -2.16. The van der Waals surface area contributed by atoms with Crippen molar-refractivity contribution >= 4 is 93.2 Å². The van der Waals surface area contributed by atoms with Crippen molar-refractivity contribution in [2.75, 3.05) is 10.6 Å². The molecule has 0 aliphatic heterocycles. The van der Waals surface area contributed by atoms with Gasteiger partial charge in [-0.3, -0.25) is 10.6 Å². The second-order valence-corrected chi connectivity index (χ2v) is 8.35. The number of carbonyl (C=O) groups excluding carboxylic acids is 2. The van der Waals surface area contributed by atoms with E-state index < -0.39 is 12.2 Å². The van der Waals surface area contributed by atoms with Crippen molar-refractivity contribution in [2.24, 2.45) is 0 Å². The minimum Gasteiger partial charge on any atom is -0.407 e. The van der Waals surface area contributed by atoms with Gasteiger partial charge < -0.3 is 9.47 Å². The summed E-state index contributed by atoms with van der Waals surface area (Å²) in [7, 11) is 0. The zero-order chi connectivity index (χ0) is 23.4. The fourth-order valence-corrected chi connectivity index (χ4v) is 3.73. The second kappa shape index (κ2) is 10.7. The van der Waals surface area contributed by atoms with E-state index in [1.165, 1.54) is 12.1 Å². The molecule has 166 valence electrons. The maximum absolute atomic E-state index is 12.2. The molecule has 0 saturated heterocycles. The normalized spacial score (nSPS) is 10.4. The lowest BCUT2D eigenvalue weighted by Crippen LogP contribution is -2.18. The predicted octanol–water partition coefficient (Wildman–Crippen LogP) is 8.83. The van der Waals surface area contributed by atoms with Gasteiger partial charge in [-0.05, 0) is 36.4 Å². The molecule has 3 rings (SSSR count). The number of hydrogen-bond donors (Lipinski definition) is 2. The maximum atomic E-state index is 12.2. The van der Waals surface area contributed by atoms with Crippen LogP contribution in [0, 0.1) is 0 Å². The van der Waals surface area contributed by atoms with Crippen LogP contribution in [0.3, 0.4) is 0 Å². The molecule has 2 N–H and O–H groups in total. The summed E-state index contributed by atoms with van der Waals surface area (Å²) in [4.78, 5) is 24.5. The molecule has 32 heavy (non-hydrogen) atoms. The quantitative estimate of drug-likeness (QED) is 0.316. The van der Waals surface area contributed by atoms with Crippen molar-refractivity contribution in [3.63, 3.8) is 0 Å². The Morgan fingerprint density at radius 1 is 0.594 bits per heavy atom. The maximum Gasteiger partial charge on any atom is 0.417 e. The molecule has 12 heteroatoms. The summed E-state index contributed by atoms with van der Waals surface area (Å²) in [5.41, 5.74) is 0.731. The molecular formula is C20H10Cl6N2O4. The van der Waals surface area contributed by atoms with Crippen LogP contribution in [0.2, 0.25) is 30.1 Å². The Labute approximate surface area is 212 Å². The Morgan fingerprint density at radius 2 is 0.938 bits per heavy atom. The molecule has 0 fully saturated rings. The number of rotatable bonds is 4. The molecule has 0 heterocycles. The Balaban J connectivity index is 1.79. The zero-order valence-corrected chi connectivity index (χ0v) is 20.1. The van der Waals surface area contributed by atoms with E-state index >= 15 is 0 Å². The van der Waals surface area contributed by atoms with Crippen molar-refractivity contribution in [1.82, 2.24) is 0 Å². The summed E-state index contributed by atoms with van der Waals surface area (Å²) in [5, 5.41) is 4.51. The van der Waals surface area contributed by atoms with Gasteiger partial charge in [-0.25, -0.2) is 9.59 Å². The van der Waals surface area contributed by atoms with Crippen molar-refractivity contribution < 1.29 is 19.1 Å². The number of nitrogens with one attached hydrogen (secondary N) is 2. The second-order valence-electron chi connectivity index (χ2n) is 5.96. The number of anilines is 2. The first-order valence-corrected chi connectivity index (χ1v) is 10.8. The lowest BCUT2D eigenvalue weighted by molar-refractivity contribution is 0.213. The van der Waals surface area contributed by atoms with Crippen LogP contribution >= 0.6 is 69.6 Å². The first-order valence-electron chi connectivity index (χ1n) is 8.50. The third kappa shape index (κ3) is 6.04. The number of ether oxygens (including phenoxy) is 2. The molecule has 0 saturated carbocycles. The van der Waals surface area contributed by atoms with Gasteiger partial charge in [-0.1, -0.05) is 81.7 Å². The Hall–Kier alpha value is -2.06. The monoisotopic (exact) mass is 552 g/mol. The molecule has 3 aromatic rings. The Kier molecular flexibility index (Phi) is 8.22. The van der Waals surface area contributed by atoms with E-state index in [1.54, 1.807) is 36.4 Å². The molecule has 0 atom stereocenters. The van der Waals surface area contributed by atoms with Gasteiger partial charge in [0.1, 0.15) is 20.1 Å². The highest BCUT2D eigenvalue weighted by atomic mass is 35.5. The third-order valence-electron chi connectivity index (χ3n) is 3.71. The molecule has 2 amide bonds. The van der Waals surface area contributed by atoms with E-state index in [1.807, 2.05) is 0 Å². The van der Waals surface area contributed by atoms with Crippen molar-refractivity contribution in [2.45, 2.75) is 0 Å². The fourth-order valence-electron chi connectivity index (χ4n) is 2.38. The summed E-state index contributed by atoms with van der Waals surface area (Å²) in [6, 6.07) is 12.7. The predicted molar refractivity (Wildman–Crippen MR) is 129 cm³/mol. The highest BCUT2D eigenvalue weighted by Crippen LogP contribution is 2.50. The summed E-state index contributed by atoms with van der Waals surface area (Å²) in [6.45, 7) is 0. The highest BCUT2D eigenvalue weighted by Gasteiger charge is 2.26. The topological polar surface area (TPSA) is 76.7 Å². The van der Waals surface area contributed by atoms with Crippen LogP contribution in [0.15, 0.2) is 48.5 Å². The minimum absolute atomic E-state index is 0.298. The van der Waals surface area contributed by atoms with Gasteiger partial charge in [-0.15, -0.1) is 0 Å². The van der Waals surface area contributed by atoms with Crippen molar-refractivity contribution in [1.29, 1.82) is 0 Å². The van der Waals surface area contributed by atoms with Gasteiger partial charge in [0, 0.05) is 21.4 Å². The molecule has 6 nitrogen and oxygen atoms in total.